The summed E-state index contributed by atoms with van der Waals surface area (Å²) in [5.74, 6) is 0.846. The lowest BCUT2D eigenvalue weighted by molar-refractivity contribution is -0.147. The number of nitrogens with zero attached hydrogens (tertiary/aromatic N) is 2. The van der Waals surface area contributed by atoms with E-state index in [0.717, 1.165) is 45.4 Å². The predicted octanol–water partition coefficient (Wildman–Crippen LogP) is 14.4. The maximum absolute atomic E-state index is 12.8. The third kappa shape index (κ3) is 37.6. The molecule has 1 N–H and O–H groups in total. The quantitative estimate of drug-likeness (QED) is 0.0477. The summed E-state index contributed by atoms with van der Waals surface area (Å²) < 4.78 is 17.6. The van der Waals surface area contributed by atoms with E-state index in [2.05, 4.69) is 37.5 Å². The molecule has 0 amide bonds. The Labute approximate surface area is 391 Å². The van der Waals surface area contributed by atoms with Crippen LogP contribution in [0.25, 0.3) is 0 Å². The summed E-state index contributed by atoms with van der Waals surface area (Å²) in [7, 11) is 0. The minimum Gasteiger partial charge on any atom is -0.465 e. The monoisotopic (exact) mass is 893 g/mol. The second kappa shape index (κ2) is 45.9. The summed E-state index contributed by atoms with van der Waals surface area (Å²) in [6.07, 6.45) is 43.9. The van der Waals surface area contributed by atoms with Crippen LogP contribution in [0.2, 0.25) is 0 Å². The van der Waals surface area contributed by atoms with Crippen LogP contribution in [0.3, 0.4) is 0 Å². The second-order valence-corrected chi connectivity index (χ2v) is 19.7. The van der Waals surface area contributed by atoms with Gasteiger partial charge in [-0.3, -0.25) is 19.4 Å². The van der Waals surface area contributed by atoms with Gasteiger partial charge in [-0.2, -0.15) is 0 Å². The summed E-state index contributed by atoms with van der Waals surface area (Å²) in [6.45, 7) is 15.6. The first-order chi connectivity index (χ1) is 31.0. The van der Waals surface area contributed by atoms with Gasteiger partial charge in [0, 0.05) is 38.6 Å². The van der Waals surface area contributed by atoms with Crippen molar-refractivity contribution in [3.8, 4) is 0 Å². The number of aliphatic hydroxyl groups is 1. The van der Waals surface area contributed by atoms with Crippen molar-refractivity contribution in [2.75, 3.05) is 65.8 Å². The highest BCUT2D eigenvalue weighted by Gasteiger charge is 2.25. The van der Waals surface area contributed by atoms with E-state index in [1.54, 1.807) is 0 Å². The summed E-state index contributed by atoms with van der Waals surface area (Å²) in [5, 5.41) is 9.82. The highest BCUT2D eigenvalue weighted by atomic mass is 16.5. The smallest absolute Gasteiger partial charge is 0.308 e. The van der Waals surface area contributed by atoms with E-state index in [9.17, 15) is 14.7 Å². The Morgan fingerprint density at radius 1 is 0.476 bits per heavy atom. The Morgan fingerprint density at radius 3 is 1.33 bits per heavy atom. The van der Waals surface area contributed by atoms with Crippen LogP contribution in [0.5, 0.6) is 0 Å². The molecule has 0 aromatic heterocycles. The summed E-state index contributed by atoms with van der Waals surface area (Å²) >= 11 is 0. The fraction of sp³-hybridized carbons (Fsp3) is 0.964. The minimum absolute atomic E-state index is 0.00765. The average Bonchev–Trinajstić information content (AvgIpc) is 3.26. The Balaban J connectivity index is 2.37. The molecule has 1 aliphatic carbocycles. The van der Waals surface area contributed by atoms with Crippen LogP contribution in [0.15, 0.2) is 0 Å². The van der Waals surface area contributed by atoms with Crippen LogP contribution in [0, 0.1) is 11.8 Å². The summed E-state index contributed by atoms with van der Waals surface area (Å²) in [6, 6.07) is 0.652. The molecule has 0 unspecified atom stereocenters. The van der Waals surface area contributed by atoms with Gasteiger partial charge in [0.05, 0.1) is 39.5 Å². The van der Waals surface area contributed by atoms with Crippen molar-refractivity contribution < 1.29 is 28.9 Å². The number of esters is 2. The largest absolute Gasteiger partial charge is 0.465 e. The molecule has 0 radical (unpaired) electrons. The molecular weight excluding hydrogens is 785 g/mol. The molecule has 8 nitrogen and oxygen atoms in total. The molecule has 63 heavy (non-hydrogen) atoms. The lowest BCUT2D eigenvalue weighted by Gasteiger charge is -2.38. The van der Waals surface area contributed by atoms with Crippen molar-refractivity contribution in [1.82, 2.24) is 9.80 Å². The highest BCUT2D eigenvalue weighted by molar-refractivity contribution is 5.69. The van der Waals surface area contributed by atoms with Crippen molar-refractivity contribution in [3.05, 3.63) is 0 Å². The molecule has 0 aromatic rings. The van der Waals surface area contributed by atoms with Gasteiger partial charge in [0.1, 0.15) is 0 Å². The van der Waals surface area contributed by atoms with Crippen molar-refractivity contribution in [2.24, 2.45) is 11.8 Å². The third-order valence-corrected chi connectivity index (χ3v) is 13.9. The van der Waals surface area contributed by atoms with Crippen LogP contribution in [-0.2, 0) is 23.8 Å². The number of ether oxygens (including phenoxy) is 3. The number of hydrogen-bond donors (Lipinski definition) is 1. The zero-order valence-corrected chi connectivity index (χ0v) is 42.6. The lowest BCUT2D eigenvalue weighted by Crippen LogP contribution is -2.45. The van der Waals surface area contributed by atoms with Crippen molar-refractivity contribution in [1.29, 1.82) is 0 Å². The first-order valence-corrected chi connectivity index (χ1v) is 27.9. The fourth-order valence-corrected chi connectivity index (χ4v) is 9.23. The number of hydrogen-bond acceptors (Lipinski definition) is 8. The maximum atomic E-state index is 12.8. The molecule has 0 atom stereocenters. The topological polar surface area (TPSA) is 88.5 Å². The highest BCUT2D eigenvalue weighted by Crippen LogP contribution is 2.26. The van der Waals surface area contributed by atoms with E-state index in [1.807, 2.05) is 0 Å². The zero-order chi connectivity index (χ0) is 45.7. The molecule has 1 rings (SSSR count). The normalized spacial score (nSPS) is 13.2. The standard InChI is InChI=1S/C55H108N2O6/c1-5-9-13-17-21-26-33-51(34-27-22-18-14-10-6-2)49-62-54(59)39-30-25-31-41-57(53-37-32-38-53)43-42-56(44-46-58)45-48-61-47-40-55(60)63-50-52(35-28-23-19-15-11-7-3)36-29-24-20-16-12-8-4/h51-53,58H,5-50H2,1-4H3. The van der Waals surface area contributed by atoms with E-state index in [1.165, 1.54) is 199 Å². The Bertz CT molecular complexity index is 947. The van der Waals surface area contributed by atoms with Crippen molar-refractivity contribution >= 4 is 11.9 Å². The van der Waals surface area contributed by atoms with Gasteiger partial charge in [0.15, 0.2) is 0 Å². The molecule has 1 aliphatic rings. The van der Waals surface area contributed by atoms with Gasteiger partial charge in [-0.1, -0.05) is 195 Å². The Morgan fingerprint density at radius 2 is 0.905 bits per heavy atom. The number of carbonyl (C=O) groups is 2. The molecule has 1 saturated carbocycles. The van der Waals surface area contributed by atoms with E-state index in [0.29, 0.717) is 63.7 Å². The van der Waals surface area contributed by atoms with Crippen LogP contribution in [0.4, 0.5) is 0 Å². The molecule has 8 heteroatoms. The number of aliphatic hydroxyl groups excluding tert-OH is 1. The van der Waals surface area contributed by atoms with Crippen LogP contribution in [-0.4, -0.2) is 98.6 Å². The van der Waals surface area contributed by atoms with Gasteiger partial charge in [0.2, 0.25) is 0 Å². The number of unbranched alkanes of at least 4 members (excludes halogenated alkanes) is 22. The molecule has 0 bridgehead atoms. The van der Waals surface area contributed by atoms with E-state index in [-0.39, 0.29) is 18.5 Å². The van der Waals surface area contributed by atoms with Gasteiger partial charge in [-0.05, 0) is 69.7 Å². The molecule has 0 spiro atoms. The van der Waals surface area contributed by atoms with Gasteiger partial charge in [0.25, 0.3) is 0 Å². The van der Waals surface area contributed by atoms with Gasteiger partial charge in [-0.15, -0.1) is 0 Å². The molecule has 0 saturated heterocycles. The minimum atomic E-state index is -0.141. The van der Waals surface area contributed by atoms with Crippen LogP contribution < -0.4 is 0 Å². The van der Waals surface area contributed by atoms with Crippen LogP contribution in [0.1, 0.15) is 259 Å². The number of carbonyl (C=O) groups excluding carboxylic acids is 2. The first-order valence-electron chi connectivity index (χ1n) is 27.9. The Kier molecular flexibility index (Phi) is 43.6. The van der Waals surface area contributed by atoms with E-state index in [4.69, 9.17) is 14.2 Å². The molecule has 0 heterocycles. The lowest BCUT2D eigenvalue weighted by atomic mass is 9.91. The first kappa shape index (κ1) is 59.8. The Hall–Kier alpha value is -1.22. The molecular formula is C55H108N2O6. The van der Waals surface area contributed by atoms with Gasteiger partial charge < -0.3 is 19.3 Å². The second-order valence-electron chi connectivity index (χ2n) is 19.7. The average molecular weight is 893 g/mol. The van der Waals surface area contributed by atoms with Crippen molar-refractivity contribution in [2.45, 2.75) is 265 Å². The fourth-order valence-electron chi connectivity index (χ4n) is 9.23. The maximum Gasteiger partial charge on any atom is 0.308 e. The zero-order valence-electron chi connectivity index (χ0n) is 42.6. The number of rotatable bonds is 50. The van der Waals surface area contributed by atoms with E-state index >= 15 is 0 Å². The summed E-state index contributed by atoms with van der Waals surface area (Å²) in [4.78, 5) is 30.4. The predicted molar refractivity (Wildman–Crippen MR) is 268 cm³/mol. The molecule has 374 valence electrons. The molecule has 0 aromatic carbocycles. The molecule has 0 aliphatic heterocycles. The SMILES string of the molecule is CCCCCCCCC(CCCCCCCC)COC(=O)CCCCCN(CCN(CCO)CCOCCC(=O)OCC(CCCCCCCC)CCCCCCCC)C1CCC1. The third-order valence-electron chi connectivity index (χ3n) is 13.9. The van der Waals surface area contributed by atoms with Crippen LogP contribution >= 0.6 is 0 Å². The van der Waals surface area contributed by atoms with Gasteiger partial charge in [-0.25, -0.2) is 0 Å². The van der Waals surface area contributed by atoms with Gasteiger partial charge >= 0.3 is 11.9 Å². The van der Waals surface area contributed by atoms with E-state index < -0.39 is 0 Å². The molecule has 1 fully saturated rings. The summed E-state index contributed by atoms with van der Waals surface area (Å²) in [5.41, 5.74) is 0. The van der Waals surface area contributed by atoms with Crippen molar-refractivity contribution in [3.63, 3.8) is 0 Å².